The molecule has 3 unspecified atom stereocenters. The molecule has 0 aliphatic heterocycles. The molecule has 0 saturated heterocycles. The molecule has 0 radical (unpaired) electrons. The van der Waals surface area contributed by atoms with Crippen molar-refractivity contribution >= 4 is 0 Å². The van der Waals surface area contributed by atoms with Crippen molar-refractivity contribution in [3.8, 4) is 0 Å². The Labute approximate surface area is 174 Å². The lowest BCUT2D eigenvalue weighted by atomic mass is 9.51. The fraction of sp³-hybridized carbons (Fsp3) is 0.852. The maximum Gasteiger partial charge on any atom is 0.0543 e. The molecule has 0 spiro atoms. The van der Waals surface area contributed by atoms with Gasteiger partial charge in [0.1, 0.15) is 0 Å². The zero-order valence-electron chi connectivity index (χ0n) is 19.2. The topological polar surface area (TPSA) is 20.2 Å². The molecule has 1 heteroatoms. The molecule has 4 rings (SSSR count). The van der Waals surface area contributed by atoms with Gasteiger partial charge < -0.3 is 5.11 Å². The second-order valence-corrected chi connectivity index (χ2v) is 11.7. The monoisotopic (exact) mass is 384 g/mol. The summed E-state index contributed by atoms with van der Waals surface area (Å²) in [4.78, 5) is 0. The van der Waals surface area contributed by atoms with Gasteiger partial charge in [-0.05, 0) is 97.0 Å². The van der Waals surface area contributed by atoms with E-state index in [1.54, 1.807) is 11.1 Å². The molecule has 158 valence electrons. The van der Waals surface area contributed by atoms with E-state index in [1.807, 2.05) is 5.57 Å². The van der Waals surface area contributed by atoms with Gasteiger partial charge in [0, 0.05) is 0 Å². The van der Waals surface area contributed by atoms with Gasteiger partial charge in [0.05, 0.1) is 6.10 Å². The Bertz CT molecular complexity index is 655. The smallest absolute Gasteiger partial charge is 0.0543 e. The SMILES string of the molecule is CC(C)CCCC(C)C1CC=C2C3=C(CC[C@@]21C)[C@@]1(C)CC[C@H](O)CC1CC3. The van der Waals surface area contributed by atoms with Gasteiger partial charge in [0.15, 0.2) is 0 Å². The lowest BCUT2D eigenvalue weighted by Gasteiger charge is -2.54. The summed E-state index contributed by atoms with van der Waals surface area (Å²) < 4.78 is 0. The van der Waals surface area contributed by atoms with Crippen molar-refractivity contribution in [3.05, 3.63) is 22.8 Å². The van der Waals surface area contributed by atoms with Crippen LogP contribution in [0.25, 0.3) is 0 Å². The number of allylic oxidation sites excluding steroid dienone is 4. The standard InChI is InChI=1S/C27H44O/c1-18(2)7-6-8-19(3)23-11-12-24-22-10-9-20-17-21(28)13-15-26(20,4)25(22)14-16-27(23,24)5/h12,18-21,23,28H,6-11,13-17H2,1-5H3/t19?,20?,21-,23?,26-,27+/m0/s1. The van der Waals surface area contributed by atoms with E-state index in [1.165, 1.54) is 57.8 Å². The first-order chi connectivity index (χ1) is 13.3. The van der Waals surface area contributed by atoms with Crippen LogP contribution in [0, 0.1) is 34.5 Å². The molecule has 0 heterocycles. The number of aliphatic hydroxyl groups is 1. The highest BCUT2D eigenvalue weighted by Gasteiger charge is 2.52. The predicted molar refractivity (Wildman–Crippen MR) is 119 cm³/mol. The Morgan fingerprint density at radius 3 is 2.57 bits per heavy atom. The summed E-state index contributed by atoms with van der Waals surface area (Å²) in [6, 6.07) is 0. The highest BCUT2D eigenvalue weighted by atomic mass is 16.3. The van der Waals surface area contributed by atoms with E-state index in [0.717, 1.165) is 30.6 Å². The summed E-state index contributed by atoms with van der Waals surface area (Å²) in [5.74, 6) is 3.25. The lowest BCUT2D eigenvalue weighted by Crippen LogP contribution is -2.44. The predicted octanol–water partition coefficient (Wildman–Crippen LogP) is 7.45. The highest BCUT2D eigenvalue weighted by molar-refractivity contribution is 5.49. The molecule has 4 aliphatic rings. The molecule has 0 bridgehead atoms. The quantitative estimate of drug-likeness (QED) is 0.521. The third-order valence-corrected chi connectivity index (χ3v) is 9.61. The molecular formula is C27H44O. The van der Waals surface area contributed by atoms with E-state index in [2.05, 4.69) is 40.7 Å². The summed E-state index contributed by atoms with van der Waals surface area (Å²) in [6.45, 7) is 12.4. The van der Waals surface area contributed by atoms with Gasteiger partial charge >= 0.3 is 0 Å². The number of hydrogen-bond donors (Lipinski definition) is 1. The van der Waals surface area contributed by atoms with E-state index in [0.29, 0.717) is 16.7 Å². The Morgan fingerprint density at radius 1 is 1.04 bits per heavy atom. The molecule has 6 atom stereocenters. The molecule has 0 aromatic carbocycles. The van der Waals surface area contributed by atoms with Crippen LogP contribution in [0.3, 0.4) is 0 Å². The minimum absolute atomic E-state index is 0.0455. The van der Waals surface area contributed by atoms with Crippen LogP contribution in [0.4, 0.5) is 0 Å². The Kier molecular flexibility index (Phi) is 5.62. The van der Waals surface area contributed by atoms with E-state index >= 15 is 0 Å². The average molecular weight is 385 g/mol. The van der Waals surface area contributed by atoms with Crippen LogP contribution in [-0.4, -0.2) is 11.2 Å². The van der Waals surface area contributed by atoms with Crippen molar-refractivity contribution < 1.29 is 5.11 Å². The summed E-state index contributed by atoms with van der Waals surface area (Å²) >= 11 is 0. The Morgan fingerprint density at radius 2 is 1.82 bits per heavy atom. The van der Waals surface area contributed by atoms with E-state index in [-0.39, 0.29) is 6.10 Å². The molecular weight excluding hydrogens is 340 g/mol. The highest BCUT2D eigenvalue weighted by Crippen LogP contribution is 2.64. The van der Waals surface area contributed by atoms with Gasteiger partial charge in [0.2, 0.25) is 0 Å². The third-order valence-electron chi connectivity index (χ3n) is 9.61. The molecule has 0 aromatic heterocycles. The maximum atomic E-state index is 10.2. The number of hydrogen-bond acceptors (Lipinski definition) is 1. The van der Waals surface area contributed by atoms with Gasteiger partial charge in [-0.2, -0.15) is 0 Å². The van der Waals surface area contributed by atoms with Crippen molar-refractivity contribution in [2.45, 2.75) is 111 Å². The largest absolute Gasteiger partial charge is 0.393 e. The molecule has 28 heavy (non-hydrogen) atoms. The fourth-order valence-electron chi connectivity index (χ4n) is 7.78. The first-order valence-corrected chi connectivity index (χ1v) is 12.4. The van der Waals surface area contributed by atoms with E-state index < -0.39 is 0 Å². The number of aliphatic hydroxyl groups excluding tert-OH is 1. The van der Waals surface area contributed by atoms with Crippen molar-refractivity contribution in [2.75, 3.05) is 0 Å². The van der Waals surface area contributed by atoms with Crippen molar-refractivity contribution in [3.63, 3.8) is 0 Å². The molecule has 1 nitrogen and oxygen atoms in total. The molecule has 4 aliphatic carbocycles. The fourth-order valence-corrected chi connectivity index (χ4v) is 7.78. The second-order valence-electron chi connectivity index (χ2n) is 11.7. The molecule has 0 amide bonds. The van der Waals surface area contributed by atoms with Gasteiger partial charge in [-0.3, -0.25) is 0 Å². The summed E-state index contributed by atoms with van der Waals surface area (Å²) in [5, 5.41) is 10.2. The summed E-state index contributed by atoms with van der Waals surface area (Å²) in [7, 11) is 0. The van der Waals surface area contributed by atoms with Crippen molar-refractivity contribution in [1.29, 1.82) is 0 Å². The Hall–Kier alpha value is -0.560. The zero-order valence-corrected chi connectivity index (χ0v) is 19.2. The normalized spacial score (nSPS) is 41.4. The molecule has 1 fully saturated rings. The van der Waals surface area contributed by atoms with Crippen LogP contribution in [0.2, 0.25) is 0 Å². The van der Waals surface area contributed by atoms with E-state index in [4.69, 9.17) is 0 Å². The third kappa shape index (κ3) is 3.34. The van der Waals surface area contributed by atoms with Crippen LogP contribution in [0.5, 0.6) is 0 Å². The maximum absolute atomic E-state index is 10.2. The van der Waals surface area contributed by atoms with Crippen LogP contribution in [0.15, 0.2) is 22.8 Å². The van der Waals surface area contributed by atoms with Crippen LogP contribution in [-0.2, 0) is 0 Å². The summed E-state index contributed by atoms with van der Waals surface area (Å²) in [6.07, 6.45) is 16.6. The average Bonchev–Trinajstić information content (AvgIpc) is 2.99. The second kappa shape index (κ2) is 7.60. The summed E-state index contributed by atoms with van der Waals surface area (Å²) in [5.41, 5.74) is 6.15. The zero-order chi connectivity index (χ0) is 20.1. The van der Waals surface area contributed by atoms with Gasteiger partial charge in [-0.15, -0.1) is 0 Å². The van der Waals surface area contributed by atoms with Gasteiger partial charge in [0.25, 0.3) is 0 Å². The minimum atomic E-state index is -0.0455. The van der Waals surface area contributed by atoms with E-state index in [9.17, 15) is 5.11 Å². The van der Waals surface area contributed by atoms with Crippen LogP contribution >= 0.6 is 0 Å². The van der Waals surface area contributed by atoms with Crippen LogP contribution < -0.4 is 0 Å². The van der Waals surface area contributed by atoms with Crippen LogP contribution in [0.1, 0.15) is 105 Å². The minimum Gasteiger partial charge on any atom is -0.393 e. The molecule has 0 aromatic rings. The van der Waals surface area contributed by atoms with Crippen molar-refractivity contribution in [1.82, 2.24) is 0 Å². The number of fused-ring (bicyclic) bond motifs is 4. The Balaban J connectivity index is 1.54. The molecule has 1 N–H and O–H groups in total. The lowest BCUT2D eigenvalue weighted by molar-refractivity contribution is 0.0225. The molecule has 1 saturated carbocycles. The van der Waals surface area contributed by atoms with Crippen molar-refractivity contribution in [2.24, 2.45) is 34.5 Å². The van der Waals surface area contributed by atoms with Gasteiger partial charge in [-0.1, -0.05) is 65.5 Å². The van der Waals surface area contributed by atoms with Gasteiger partial charge in [-0.25, -0.2) is 0 Å². The number of rotatable bonds is 5. The first kappa shape index (κ1) is 20.7. The first-order valence-electron chi connectivity index (χ1n) is 12.4.